The van der Waals surface area contributed by atoms with Crippen LogP contribution >= 0.6 is 0 Å². The van der Waals surface area contributed by atoms with Crippen molar-refractivity contribution < 1.29 is 4.79 Å². The highest BCUT2D eigenvalue weighted by atomic mass is 16.2. The van der Waals surface area contributed by atoms with Crippen LogP contribution in [0.1, 0.15) is 5.56 Å². The summed E-state index contributed by atoms with van der Waals surface area (Å²) in [4.78, 5) is 21.4. The van der Waals surface area contributed by atoms with Crippen molar-refractivity contribution in [1.29, 1.82) is 0 Å². The molecule has 1 aliphatic heterocycles. The molecule has 1 amide bonds. The lowest BCUT2D eigenvalue weighted by Gasteiger charge is -2.34. The Labute approximate surface area is 171 Å². The Morgan fingerprint density at radius 2 is 1.76 bits per heavy atom. The minimum absolute atomic E-state index is 0.136. The van der Waals surface area contributed by atoms with Crippen LogP contribution in [0.15, 0.2) is 72.9 Å². The normalized spacial score (nSPS) is 15.1. The fourth-order valence-corrected chi connectivity index (χ4v) is 3.61. The Balaban J connectivity index is 1.24. The quantitative estimate of drug-likeness (QED) is 0.704. The molecule has 0 saturated carbocycles. The molecular formula is C24H26N4O. The van der Waals surface area contributed by atoms with Gasteiger partial charge in [-0.05, 0) is 17.7 Å². The Morgan fingerprint density at radius 3 is 2.59 bits per heavy atom. The largest absolute Gasteiger partial charge is 0.374 e. The van der Waals surface area contributed by atoms with E-state index in [0.29, 0.717) is 6.54 Å². The first kappa shape index (κ1) is 19.2. The number of hydrogen-bond donors (Lipinski definition) is 1. The van der Waals surface area contributed by atoms with E-state index in [0.717, 1.165) is 49.3 Å². The lowest BCUT2D eigenvalue weighted by Crippen LogP contribution is -2.50. The van der Waals surface area contributed by atoms with Crippen molar-refractivity contribution in [2.45, 2.75) is 0 Å². The van der Waals surface area contributed by atoms with Gasteiger partial charge in [0, 0.05) is 44.3 Å². The second-order valence-corrected chi connectivity index (χ2v) is 7.23. The van der Waals surface area contributed by atoms with Crippen molar-refractivity contribution in [3.63, 3.8) is 0 Å². The van der Waals surface area contributed by atoms with Gasteiger partial charge in [-0.3, -0.25) is 14.7 Å². The molecule has 1 N–H and O–H groups in total. The number of amides is 1. The topological polar surface area (TPSA) is 48.5 Å². The van der Waals surface area contributed by atoms with E-state index in [-0.39, 0.29) is 5.91 Å². The maximum absolute atomic E-state index is 12.6. The summed E-state index contributed by atoms with van der Waals surface area (Å²) in [6.45, 7) is 4.56. The highest BCUT2D eigenvalue weighted by Gasteiger charge is 2.20. The maximum atomic E-state index is 12.6. The summed E-state index contributed by atoms with van der Waals surface area (Å²) in [7, 11) is 0. The molecule has 1 saturated heterocycles. The van der Waals surface area contributed by atoms with Gasteiger partial charge >= 0.3 is 0 Å². The van der Waals surface area contributed by atoms with Gasteiger partial charge in [-0.1, -0.05) is 60.7 Å². The minimum Gasteiger partial charge on any atom is -0.374 e. The third-order valence-electron chi connectivity index (χ3n) is 5.26. The van der Waals surface area contributed by atoms with Gasteiger partial charge in [0.1, 0.15) is 0 Å². The zero-order valence-corrected chi connectivity index (χ0v) is 16.5. The van der Waals surface area contributed by atoms with E-state index in [2.05, 4.69) is 39.5 Å². The van der Waals surface area contributed by atoms with Gasteiger partial charge in [0.2, 0.25) is 5.91 Å². The number of rotatable bonds is 6. The first-order chi connectivity index (χ1) is 14.3. The summed E-state index contributed by atoms with van der Waals surface area (Å²) in [5.41, 5.74) is 3.02. The number of benzene rings is 2. The van der Waals surface area contributed by atoms with Crippen LogP contribution in [0.5, 0.6) is 0 Å². The van der Waals surface area contributed by atoms with E-state index in [1.807, 2.05) is 53.4 Å². The molecule has 2 aromatic carbocycles. The summed E-state index contributed by atoms with van der Waals surface area (Å²) in [5, 5.41) is 4.34. The van der Waals surface area contributed by atoms with Crippen molar-refractivity contribution in [2.24, 2.45) is 0 Å². The molecule has 0 atom stereocenters. The third-order valence-corrected chi connectivity index (χ3v) is 5.26. The highest BCUT2D eigenvalue weighted by molar-refractivity contribution is 5.92. The summed E-state index contributed by atoms with van der Waals surface area (Å²) in [6, 6.07) is 20.3. The average Bonchev–Trinajstić information content (AvgIpc) is 2.78. The predicted molar refractivity (Wildman–Crippen MR) is 119 cm³/mol. The molecule has 0 unspecified atom stereocenters. The van der Waals surface area contributed by atoms with Crippen LogP contribution in [-0.2, 0) is 4.79 Å². The van der Waals surface area contributed by atoms with Gasteiger partial charge in [0.15, 0.2) is 0 Å². The van der Waals surface area contributed by atoms with Crippen molar-refractivity contribution in [2.75, 3.05) is 44.6 Å². The SMILES string of the molecule is O=C(CNc1cccc2cccnc12)N1CCN(C/C=C/c2ccccc2)CC1. The predicted octanol–water partition coefficient (Wildman–Crippen LogP) is 3.50. The van der Waals surface area contributed by atoms with Crippen LogP contribution in [0.25, 0.3) is 17.0 Å². The van der Waals surface area contributed by atoms with Gasteiger partial charge in [0.05, 0.1) is 17.7 Å². The Bertz CT molecular complexity index is 973. The Hall–Kier alpha value is -3.18. The molecule has 0 spiro atoms. The number of nitrogens with one attached hydrogen (secondary N) is 1. The molecule has 3 aromatic rings. The maximum Gasteiger partial charge on any atom is 0.241 e. The van der Waals surface area contributed by atoms with E-state index in [4.69, 9.17) is 0 Å². The molecule has 148 valence electrons. The number of para-hydroxylation sites is 1. The number of carbonyl (C=O) groups excluding carboxylic acids is 1. The molecule has 1 fully saturated rings. The molecule has 1 aliphatic rings. The lowest BCUT2D eigenvalue weighted by molar-refractivity contribution is -0.130. The fourth-order valence-electron chi connectivity index (χ4n) is 3.61. The van der Waals surface area contributed by atoms with E-state index < -0.39 is 0 Å². The standard InChI is InChI=1S/C24H26N4O/c29-23(19-26-22-12-4-10-21-11-5-13-25-24(21)22)28-17-15-27(16-18-28)14-6-9-20-7-2-1-3-8-20/h1-13,26H,14-19H2/b9-6+. The van der Waals surface area contributed by atoms with Crippen LogP contribution in [0.2, 0.25) is 0 Å². The molecule has 29 heavy (non-hydrogen) atoms. The van der Waals surface area contributed by atoms with Crippen LogP contribution in [0.3, 0.4) is 0 Å². The molecule has 0 aliphatic carbocycles. The van der Waals surface area contributed by atoms with Crippen LogP contribution in [0.4, 0.5) is 5.69 Å². The first-order valence-electron chi connectivity index (χ1n) is 10.1. The van der Waals surface area contributed by atoms with Gasteiger partial charge in [-0.2, -0.15) is 0 Å². The van der Waals surface area contributed by atoms with Gasteiger partial charge in [-0.15, -0.1) is 0 Å². The number of aromatic nitrogens is 1. The number of hydrogen-bond acceptors (Lipinski definition) is 4. The molecule has 1 aromatic heterocycles. The minimum atomic E-state index is 0.136. The van der Waals surface area contributed by atoms with Crippen molar-refractivity contribution in [3.8, 4) is 0 Å². The molecule has 0 radical (unpaired) electrons. The summed E-state index contributed by atoms with van der Waals surface area (Å²) in [5.74, 6) is 0.136. The van der Waals surface area contributed by atoms with Crippen LogP contribution in [0, 0.1) is 0 Å². The number of piperazine rings is 1. The summed E-state index contributed by atoms with van der Waals surface area (Å²) < 4.78 is 0. The Morgan fingerprint density at radius 1 is 0.966 bits per heavy atom. The second kappa shape index (κ2) is 9.34. The number of carbonyl (C=O) groups is 1. The van der Waals surface area contributed by atoms with E-state index in [1.54, 1.807) is 6.20 Å². The number of pyridine rings is 1. The van der Waals surface area contributed by atoms with Gasteiger partial charge < -0.3 is 10.2 Å². The molecule has 0 bridgehead atoms. The zero-order valence-electron chi connectivity index (χ0n) is 16.5. The monoisotopic (exact) mass is 386 g/mol. The van der Waals surface area contributed by atoms with E-state index in [1.165, 1.54) is 5.56 Å². The molecule has 4 rings (SSSR count). The molecule has 2 heterocycles. The van der Waals surface area contributed by atoms with E-state index >= 15 is 0 Å². The first-order valence-corrected chi connectivity index (χ1v) is 10.1. The van der Waals surface area contributed by atoms with E-state index in [9.17, 15) is 4.79 Å². The third kappa shape index (κ3) is 5.00. The zero-order chi connectivity index (χ0) is 19.9. The smallest absolute Gasteiger partial charge is 0.241 e. The van der Waals surface area contributed by atoms with Crippen molar-refractivity contribution >= 4 is 28.6 Å². The molecule has 5 nitrogen and oxygen atoms in total. The second-order valence-electron chi connectivity index (χ2n) is 7.23. The molecule has 5 heteroatoms. The number of nitrogens with zero attached hydrogens (tertiary/aromatic N) is 3. The van der Waals surface area contributed by atoms with Gasteiger partial charge in [0.25, 0.3) is 0 Å². The van der Waals surface area contributed by atoms with Crippen LogP contribution < -0.4 is 5.32 Å². The fraction of sp³-hybridized carbons (Fsp3) is 0.250. The lowest BCUT2D eigenvalue weighted by atomic mass is 10.2. The van der Waals surface area contributed by atoms with Crippen molar-refractivity contribution in [3.05, 3.63) is 78.5 Å². The van der Waals surface area contributed by atoms with Gasteiger partial charge in [-0.25, -0.2) is 0 Å². The summed E-state index contributed by atoms with van der Waals surface area (Å²) in [6.07, 6.45) is 6.13. The Kier molecular flexibility index (Phi) is 6.17. The summed E-state index contributed by atoms with van der Waals surface area (Å²) >= 11 is 0. The average molecular weight is 386 g/mol. The van der Waals surface area contributed by atoms with Crippen LogP contribution in [-0.4, -0.2) is 60.0 Å². The molecular weight excluding hydrogens is 360 g/mol. The number of fused-ring (bicyclic) bond motifs is 1. The van der Waals surface area contributed by atoms with Crippen molar-refractivity contribution in [1.82, 2.24) is 14.8 Å². The highest BCUT2D eigenvalue weighted by Crippen LogP contribution is 2.20. The number of anilines is 1.